The molecule has 0 aliphatic carbocycles. The van der Waals surface area contributed by atoms with E-state index in [-0.39, 0.29) is 17.3 Å². The second-order valence-corrected chi connectivity index (χ2v) is 5.10. The van der Waals surface area contributed by atoms with Gasteiger partial charge in [0.2, 0.25) is 0 Å². The quantitative estimate of drug-likeness (QED) is 0.779. The fraction of sp³-hybridized carbons (Fsp3) is 0.312. The van der Waals surface area contributed by atoms with Gasteiger partial charge in [0.1, 0.15) is 5.69 Å². The summed E-state index contributed by atoms with van der Waals surface area (Å²) in [6.07, 6.45) is -4.46. The molecule has 0 saturated heterocycles. The molecule has 0 N–H and O–H groups in total. The van der Waals surface area contributed by atoms with E-state index in [0.717, 1.165) is 6.07 Å². The molecule has 0 spiro atoms. The van der Waals surface area contributed by atoms with E-state index in [0.29, 0.717) is 5.69 Å². The molecule has 3 nitrogen and oxygen atoms in total. The maximum absolute atomic E-state index is 13.2. The van der Waals surface area contributed by atoms with E-state index in [1.54, 1.807) is 24.5 Å². The SMILES string of the molecule is COC(=O)c1ccc(-c2ccccc2C(F)(F)F)n1C(C)C. The number of halogens is 3. The second-order valence-electron chi connectivity index (χ2n) is 5.10. The van der Waals surface area contributed by atoms with Crippen LogP contribution in [0.25, 0.3) is 11.3 Å². The van der Waals surface area contributed by atoms with Crippen LogP contribution in [0.5, 0.6) is 0 Å². The number of esters is 1. The molecule has 0 unspecified atom stereocenters. The maximum Gasteiger partial charge on any atom is 0.417 e. The molecule has 0 bridgehead atoms. The van der Waals surface area contributed by atoms with Crippen molar-refractivity contribution in [1.82, 2.24) is 4.57 Å². The van der Waals surface area contributed by atoms with E-state index in [1.165, 1.54) is 31.4 Å². The van der Waals surface area contributed by atoms with Crippen LogP contribution in [0.1, 0.15) is 35.9 Å². The third kappa shape index (κ3) is 2.86. The third-order valence-corrected chi connectivity index (χ3v) is 3.34. The molecule has 0 radical (unpaired) electrons. The van der Waals surface area contributed by atoms with Crippen LogP contribution < -0.4 is 0 Å². The topological polar surface area (TPSA) is 31.2 Å². The average molecular weight is 311 g/mol. The molecule has 1 aromatic heterocycles. The minimum Gasteiger partial charge on any atom is -0.464 e. The summed E-state index contributed by atoms with van der Waals surface area (Å²) < 4.78 is 45.8. The van der Waals surface area contributed by atoms with Gasteiger partial charge in [0.05, 0.1) is 12.7 Å². The number of nitrogens with zero attached hydrogens (tertiary/aromatic N) is 1. The van der Waals surface area contributed by atoms with Gasteiger partial charge in [-0.3, -0.25) is 0 Å². The molecular formula is C16H16F3NO2. The van der Waals surface area contributed by atoms with Crippen molar-refractivity contribution in [3.63, 3.8) is 0 Å². The van der Waals surface area contributed by atoms with Gasteiger partial charge in [-0.05, 0) is 32.0 Å². The van der Waals surface area contributed by atoms with Crippen LogP contribution >= 0.6 is 0 Å². The van der Waals surface area contributed by atoms with Gasteiger partial charge < -0.3 is 9.30 Å². The molecule has 1 aromatic carbocycles. The molecule has 0 fully saturated rings. The summed E-state index contributed by atoms with van der Waals surface area (Å²) in [4.78, 5) is 11.8. The molecule has 6 heteroatoms. The average Bonchev–Trinajstić information content (AvgIpc) is 2.90. The van der Waals surface area contributed by atoms with Gasteiger partial charge in [-0.1, -0.05) is 18.2 Å². The van der Waals surface area contributed by atoms with Gasteiger partial charge >= 0.3 is 12.1 Å². The third-order valence-electron chi connectivity index (χ3n) is 3.34. The lowest BCUT2D eigenvalue weighted by Crippen LogP contribution is -2.15. The van der Waals surface area contributed by atoms with Crippen LogP contribution in [0.4, 0.5) is 13.2 Å². The van der Waals surface area contributed by atoms with Crippen molar-refractivity contribution in [2.45, 2.75) is 26.1 Å². The van der Waals surface area contributed by atoms with Gasteiger partial charge in [-0.15, -0.1) is 0 Å². The lowest BCUT2D eigenvalue weighted by Gasteiger charge is -2.19. The Labute approximate surface area is 126 Å². The highest BCUT2D eigenvalue weighted by Crippen LogP contribution is 2.38. The van der Waals surface area contributed by atoms with Crippen LogP contribution in [0.2, 0.25) is 0 Å². The largest absolute Gasteiger partial charge is 0.464 e. The summed E-state index contributed by atoms with van der Waals surface area (Å²) in [5, 5.41) is 0. The zero-order valence-corrected chi connectivity index (χ0v) is 12.4. The maximum atomic E-state index is 13.2. The fourth-order valence-electron chi connectivity index (χ4n) is 2.45. The summed E-state index contributed by atoms with van der Waals surface area (Å²) in [6.45, 7) is 3.60. The first-order valence-corrected chi connectivity index (χ1v) is 6.73. The van der Waals surface area contributed by atoms with Crippen molar-refractivity contribution in [3.8, 4) is 11.3 Å². The molecule has 0 aliphatic heterocycles. The molecule has 0 saturated carbocycles. The van der Waals surface area contributed by atoms with Gasteiger partial charge in [-0.25, -0.2) is 4.79 Å². The van der Waals surface area contributed by atoms with Gasteiger partial charge in [0.15, 0.2) is 0 Å². The van der Waals surface area contributed by atoms with Crippen molar-refractivity contribution in [1.29, 1.82) is 0 Å². The van der Waals surface area contributed by atoms with Crippen LogP contribution in [0.15, 0.2) is 36.4 Å². The van der Waals surface area contributed by atoms with Crippen molar-refractivity contribution < 1.29 is 22.7 Å². The second kappa shape index (κ2) is 5.87. The predicted molar refractivity (Wildman–Crippen MR) is 76.6 cm³/mol. The number of alkyl halides is 3. The Balaban J connectivity index is 2.70. The molecule has 22 heavy (non-hydrogen) atoms. The fourth-order valence-corrected chi connectivity index (χ4v) is 2.45. The van der Waals surface area contributed by atoms with Crippen molar-refractivity contribution in [2.75, 3.05) is 7.11 Å². The minimum atomic E-state index is -4.46. The van der Waals surface area contributed by atoms with Crippen molar-refractivity contribution in [2.24, 2.45) is 0 Å². The van der Waals surface area contributed by atoms with E-state index in [1.807, 2.05) is 0 Å². The Morgan fingerprint density at radius 1 is 1.14 bits per heavy atom. The van der Waals surface area contributed by atoms with E-state index < -0.39 is 17.7 Å². The number of rotatable bonds is 3. The normalized spacial score (nSPS) is 11.8. The molecule has 1 heterocycles. The zero-order chi connectivity index (χ0) is 16.5. The molecule has 2 aromatic rings. The van der Waals surface area contributed by atoms with Crippen LogP contribution in [-0.2, 0) is 10.9 Å². The molecule has 0 amide bonds. The predicted octanol–water partition coefficient (Wildman–Crippen LogP) is 4.54. The Bertz CT molecular complexity index is 687. The number of hydrogen-bond acceptors (Lipinski definition) is 2. The van der Waals surface area contributed by atoms with E-state index in [2.05, 4.69) is 0 Å². The molecule has 0 aliphatic rings. The van der Waals surface area contributed by atoms with Crippen LogP contribution in [0, 0.1) is 0 Å². The van der Waals surface area contributed by atoms with Gasteiger partial charge in [0, 0.05) is 17.3 Å². The first kappa shape index (κ1) is 16.1. The minimum absolute atomic E-state index is 0.0406. The standard InChI is InChI=1S/C16H16F3NO2/c1-10(2)20-13(8-9-14(20)15(21)22-3)11-6-4-5-7-12(11)16(17,18)19/h4-10H,1-3H3. The highest BCUT2D eigenvalue weighted by molar-refractivity contribution is 5.89. The molecular weight excluding hydrogens is 295 g/mol. The molecule has 0 atom stereocenters. The Morgan fingerprint density at radius 2 is 1.77 bits per heavy atom. The van der Waals surface area contributed by atoms with E-state index in [4.69, 9.17) is 4.74 Å². The zero-order valence-electron chi connectivity index (χ0n) is 12.4. The summed E-state index contributed by atoms with van der Waals surface area (Å²) in [7, 11) is 1.24. The van der Waals surface area contributed by atoms with Gasteiger partial charge in [0.25, 0.3) is 0 Å². The number of carbonyl (C=O) groups excluding carboxylic acids is 1. The lowest BCUT2D eigenvalue weighted by atomic mass is 10.0. The molecule has 2 rings (SSSR count). The highest BCUT2D eigenvalue weighted by Gasteiger charge is 2.34. The smallest absolute Gasteiger partial charge is 0.417 e. The van der Waals surface area contributed by atoms with Crippen molar-refractivity contribution in [3.05, 3.63) is 47.7 Å². The Hall–Kier alpha value is -2.24. The summed E-state index contributed by atoms with van der Waals surface area (Å²) in [5.41, 5.74) is -0.127. The van der Waals surface area contributed by atoms with Crippen LogP contribution in [0.3, 0.4) is 0 Å². The van der Waals surface area contributed by atoms with E-state index >= 15 is 0 Å². The van der Waals surface area contributed by atoms with Crippen molar-refractivity contribution >= 4 is 5.97 Å². The first-order valence-electron chi connectivity index (χ1n) is 6.73. The number of aromatic nitrogens is 1. The lowest BCUT2D eigenvalue weighted by molar-refractivity contribution is -0.137. The summed E-state index contributed by atoms with van der Waals surface area (Å²) >= 11 is 0. The Morgan fingerprint density at radius 3 is 2.32 bits per heavy atom. The summed E-state index contributed by atoms with van der Waals surface area (Å²) in [6, 6.07) is 8.12. The first-order chi connectivity index (χ1) is 10.3. The number of ether oxygens (including phenoxy) is 1. The summed E-state index contributed by atoms with van der Waals surface area (Å²) in [5.74, 6) is -0.579. The number of hydrogen-bond donors (Lipinski definition) is 0. The monoisotopic (exact) mass is 311 g/mol. The number of benzene rings is 1. The number of methoxy groups -OCH3 is 1. The van der Waals surface area contributed by atoms with Gasteiger partial charge in [-0.2, -0.15) is 13.2 Å². The molecule has 118 valence electrons. The van der Waals surface area contributed by atoms with E-state index in [9.17, 15) is 18.0 Å². The highest BCUT2D eigenvalue weighted by atomic mass is 19.4. The van der Waals surface area contributed by atoms with Crippen LogP contribution in [-0.4, -0.2) is 17.6 Å². The Kier molecular flexibility index (Phi) is 4.30. The number of carbonyl (C=O) groups is 1.